The Hall–Kier alpha value is 0.180. The van der Waals surface area contributed by atoms with Gasteiger partial charge < -0.3 is 0 Å². The fraction of sp³-hybridized carbons (Fsp3) is 0.333. The molecule has 11 heavy (non-hydrogen) atoms. The van der Waals surface area contributed by atoms with Gasteiger partial charge in [0.05, 0.1) is 3.39 Å². The lowest BCUT2D eigenvalue weighted by Crippen LogP contribution is -2.05. The quantitative estimate of drug-likeness (QED) is 0.624. The summed E-state index contributed by atoms with van der Waals surface area (Å²) in [6, 6.07) is 0. The lowest BCUT2D eigenvalue weighted by molar-refractivity contribution is 0.621. The van der Waals surface area contributed by atoms with Crippen LogP contribution in [0.5, 0.6) is 0 Å². The van der Waals surface area contributed by atoms with Crippen LogP contribution in [-0.4, -0.2) is 0 Å². The van der Waals surface area contributed by atoms with Gasteiger partial charge in [-0.05, 0) is 37.4 Å². The summed E-state index contributed by atoms with van der Waals surface area (Å²) in [4.78, 5) is 0. The van der Waals surface area contributed by atoms with Crippen LogP contribution in [0, 0.1) is 5.41 Å². The van der Waals surface area contributed by atoms with Gasteiger partial charge in [-0.3, -0.25) is 0 Å². The molecule has 0 fully saturated rings. The summed E-state index contributed by atoms with van der Waals surface area (Å²) in [6.45, 7) is 4.36. The number of hydrogen-bond acceptors (Lipinski definition) is 0. The molecule has 0 aromatic rings. The van der Waals surface area contributed by atoms with Gasteiger partial charge in [-0.15, -0.1) is 0 Å². The van der Waals surface area contributed by atoms with E-state index >= 15 is 0 Å². The molecule has 0 N–H and O–H groups in total. The van der Waals surface area contributed by atoms with Crippen LogP contribution in [-0.2, 0) is 0 Å². The molecule has 0 amide bonds. The highest BCUT2D eigenvalue weighted by Gasteiger charge is 2.12. The molecule has 0 aromatic heterocycles. The SMILES string of the molecule is CC1(C)C=CC(=C(Br)Br)C=C1. The Balaban J connectivity index is 2.90. The van der Waals surface area contributed by atoms with Gasteiger partial charge in [-0.1, -0.05) is 38.2 Å². The molecule has 1 aliphatic rings. The van der Waals surface area contributed by atoms with E-state index in [2.05, 4.69) is 70.0 Å². The van der Waals surface area contributed by atoms with E-state index in [4.69, 9.17) is 0 Å². The summed E-state index contributed by atoms with van der Waals surface area (Å²) < 4.78 is 1.01. The molecule has 0 saturated heterocycles. The summed E-state index contributed by atoms with van der Waals surface area (Å²) in [5.74, 6) is 0. The van der Waals surface area contributed by atoms with E-state index in [9.17, 15) is 0 Å². The van der Waals surface area contributed by atoms with Gasteiger partial charge in [-0.2, -0.15) is 0 Å². The second-order valence-electron chi connectivity index (χ2n) is 3.20. The first-order valence-corrected chi connectivity index (χ1v) is 5.04. The molecule has 0 atom stereocenters. The standard InChI is InChI=1S/C9H10Br2/c1-9(2)5-3-7(4-6-9)8(10)11/h3-6H,1-2H3. The first-order chi connectivity index (χ1) is 5.01. The van der Waals surface area contributed by atoms with Gasteiger partial charge in [0.15, 0.2) is 0 Å². The first-order valence-electron chi connectivity index (χ1n) is 3.45. The van der Waals surface area contributed by atoms with Crippen molar-refractivity contribution >= 4 is 31.9 Å². The predicted octanol–water partition coefficient (Wildman–Crippen LogP) is 4.14. The van der Waals surface area contributed by atoms with Crippen molar-refractivity contribution in [3.63, 3.8) is 0 Å². The van der Waals surface area contributed by atoms with Crippen molar-refractivity contribution < 1.29 is 0 Å². The van der Waals surface area contributed by atoms with Crippen LogP contribution >= 0.6 is 31.9 Å². The second kappa shape index (κ2) is 3.28. The largest absolute Gasteiger partial charge is 0.0744 e. The molecule has 1 aliphatic carbocycles. The van der Waals surface area contributed by atoms with Gasteiger partial charge in [0.2, 0.25) is 0 Å². The number of hydrogen-bond donors (Lipinski definition) is 0. The maximum Gasteiger partial charge on any atom is 0.0676 e. The number of rotatable bonds is 0. The molecule has 0 aliphatic heterocycles. The van der Waals surface area contributed by atoms with Crippen LogP contribution in [0.1, 0.15) is 13.8 Å². The van der Waals surface area contributed by atoms with Crippen molar-refractivity contribution in [2.75, 3.05) is 0 Å². The third kappa shape index (κ3) is 2.60. The highest BCUT2D eigenvalue weighted by Crippen LogP contribution is 2.29. The minimum absolute atomic E-state index is 0.207. The summed E-state index contributed by atoms with van der Waals surface area (Å²) in [5, 5.41) is 0. The fourth-order valence-corrected chi connectivity index (χ4v) is 1.37. The Morgan fingerprint density at radius 1 is 1.18 bits per heavy atom. The van der Waals surface area contributed by atoms with E-state index in [0.29, 0.717) is 0 Å². The third-order valence-corrected chi connectivity index (χ3v) is 2.52. The van der Waals surface area contributed by atoms with Crippen molar-refractivity contribution in [2.45, 2.75) is 13.8 Å². The van der Waals surface area contributed by atoms with Gasteiger partial charge in [-0.25, -0.2) is 0 Å². The average molecular weight is 278 g/mol. The molecular formula is C9H10Br2. The molecule has 0 bridgehead atoms. The van der Waals surface area contributed by atoms with Crippen LogP contribution in [0.2, 0.25) is 0 Å². The zero-order chi connectivity index (χ0) is 8.48. The summed E-state index contributed by atoms with van der Waals surface area (Å²) in [5.41, 5.74) is 1.39. The highest BCUT2D eigenvalue weighted by atomic mass is 79.9. The van der Waals surface area contributed by atoms with Crippen LogP contribution in [0.4, 0.5) is 0 Å². The van der Waals surface area contributed by atoms with Gasteiger partial charge in [0.1, 0.15) is 0 Å². The monoisotopic (exact) mass is 276 g/mol. The molecule has 0 unspecified atom stereocenters. The Morgan fingerprint density at radius 2 is 1.64 bits per heavy atom. The highest BCUT2D eigenvalue weighted by molar-refractivity contribution is 9.28. The fourth-order valence-electron chi connectivity index (χ4n) is 0.846. The van der Waals surface area contributed by atoms with Crippen LogP contribution in [0.25, 0.3) is 0 Å². The summed E-state index contributed by atoms with van der Waals surface area (Å²) in [7, 11) is 0. The zero-order valence-corrected chi connectivity index (χ0v) is 9.74. The van der Waals surface area contributed by atoms with Crippen LogP contribution in [0.3, 0.4) is 0 Å². The third-order valence-electron chi connectivity index (χ3n) is 1.60. The molecular weight excluding hydrogens is 268 g/mol. The molecule has 0 radical (unpaired) electrons. The Labute approximate surface area is 84.3 Å². The van der Waals surface area contributed by atoms with Gasteiger partial charge in [0.25, 0.3) is 0 Å². The van der Waals surface area contributed by atoms with E-state index in [1.807, 2.05) is 0 Å². The van der Waals surface area contributed by atoms with Crippen molar-refractivity contribution in [1.29, 1.82) is 0 Å². The van der Waals surface area contributed by atoms with E-state index in [0.717, 1.165) is 3.39 Å². The predicted molar refractivity (Wildman–Crippen MR) is 56.9 cm³/mol. The number of allylic oxidation sites excluding steroid dienone is 5. The summed E-state index contributed by atoms with van der Waals surface area (Å²) in [6.07, 6.45) is 8.59. The molecule has 1 rings (SSSR count). The Bertz CT molecular complexity index is 222. The van der Waals surface area contributed by atoms with Crippen molar-refractivity contribution in [2.24, 2.45) is 5.41 Å². The lowest BCUT2D eigenvalue weighted by atomic mass is 9.88. The zero-order valence-electron chi connectivity index (χ0n) is 6.57. The Kier molecular flexibility index (Phi) is 2.76. The topological polar surface area (TPSA) is 0 Å². The molecule has 60 valence electrons. The van der Waals surface area contributed by atoms with E-state index in [1.165, 1.54) is 5.57 Å². The summed E-state index contributed by atoms with van der Waals surface area (Å²) >= 11 is 6.73. The minimum Gasteiger partial charge on any atom is -0.0744 e. The van der Waals surface area contributed by atoms with Gasteiger partial charge >= 0.3 is 0 Å². The molecule has 0 nitrogen and oxygen atoms in total. The smallest absolute Gasteiger partial charge is 0.0676 e. The minimum atomic E-state index is 0.207. The van der Waals surface area contributed by atoms with E-state index in [1.54, 1.807) is 0 Å². The van der Waals surface area contributed by atoms with Gasteiger partial charge in [0, 0.05) is 5.41 Å². The van der Waals surface area contributed by atoms with Crippen molar-refractivity contribution in [3.05, 3.63) is 33.3 Å². The van der Waals surface area contributed by atoms with Crippen molar-refractivity contribution in [3.8, 4) is 0 Å². The first kappa shape index (κ1) is 9.27. The molecule has 0 spiro atoms. The molecule has 2 heteroatoms. The Morgan fingerprint density at radius 3 is 2.00 bits per heavy atom. The van der Waals surface area contributed by atoms with Crippen LogP contribution in [0.15, 0.2) is 33.3 Å². The van der Waals surface area contributed by atoms with E-state index in [-0.39, 0.29) is 5.41 Å². The molecule has 0 saturated carbocycles. The maximum atomic E-state index is 3.37. The van der Waals surface area contributed by atoms with Crippen LogP contribution < -0.4 is 0 Å². The number of halogens is 2. The average Bonchev–Trinajstić information content (AvgIpc) is 1.86. The normalized spacial score (nSPS) is 20.5. The lowest BCUT2D eigenvalue weighted by Gasteiger charge is -2.18. The second-order valence-corrected chi connectivity index (χ2v) is 5.85. The van der Waals surface area contributed by atoms with E-state index < -0.39 is 0 Å². The molecule has 0 heterocycles. The molecule has 0 aromatic carbocycles. The maximum absolute atomic E-state index is 3.37. The van der Waals surface area contributed by atoms with Crippen molar-refractivity contribution in [1.82, 2.24) is 0 Å².